The minimum Gasteiger partial charge on any atom is -0.369 e. The summed E-state index contributed by atoms with van der Waals surface area (Å²) in [5.74, 6) is 2.02. The van der Waals surface area contributed by atoms with E-state index < -0.39 is 0 Å². The van der Waals surface area contributed by atoms with Crippen molar-refractivity contribution in [3.8, 4) is 0 Å². The molecule has 0 saturated carbocycles. The van der Waals surface area contributed by atoms with Gasteiger partial charge in [-0.2, -0.15) is 11.8 Å². The van der Waals surface area contributed by atoms with Gasteiger partial charge in [-0.1, -0.05) is 74.5 Å². The lowest BCUT2D eigenvalue weighted by molar-refractivity contribution is 0.618. The number of benzene rings is 1. The summed E-state index contributed by atoms with van der Waals surface area (Å²) in [7, 11) is 0. The molecule has 0 aliphatic heterocycles. The Hall–Kier alpha value is -1.26. The highest BCUT2D eigenvalue weighted by Crippen LogP contribution is 2.28. The van der Waals surface area contributed by atoms with Gasteiger partial charge in [0.2, 0.25) is 0 Å². The predicted molar refractivity (Wildman–Crippen MR) is 120 cm³/mol. The van der Waals surface area contributed by atoms with Crippen molar-refractivity contribution in [3.63, 3.8) is 0 Å². The first kappa shape index (κ1) is 22.0. The number of nitrogens with one attached hydrogen (secondary N) is 1. The normalized spacial score (nSPS) is 12.1. The molecule has 3 nitrogen and oxygen atoms in total. The molecule has 5 heteroatoms. The van der Waals surface area contributed by atoms with Gasteiger partial charge < -0.3 is 5.32 Å². The van der Waals surface area contributed by atoms with Gasteiger partial charge in [0.05, 0.1) is 5.69 Å². The van der Waals surface area contributed by atoms with Gasteiger partial charge in [0, 0.05) is 11.8 Å². The summed E-state index contributed by atoms with van der Waals surface area (Å²) in [6.45, 7) is 5.28. The molecule has 1 atom stereocenters. The Morgan fingerprint density at radius 3 is 2.44 bits per heavy atom. The number of hydrogen-bond donors (Lipinski definition) is 1. The Morgan fingerprint density at radius 2 is 1.70 bits per heavy atom. The molecule has 0 saturated heterocycles. The summed E-state index contributed by atoms with van der Waals surface area (Å²) in [4.78, 5) is 8.43. The third-order valence-electron chi connectivity index (χ3n) is 4.70. The standard InChI is InChI=1S/C22H32ClN3S/c1-3-20-21(23)22(26-17-25-20)24-15-11-6-4-5-7-12-16-27-18(2)19-13-9-8-10-14-19/h8-10,13-14,17-18H,3-7,11-12,15-16H2,1-2H3,(H,24,25,26). The van der Waals surface area contributed by atoms with Crippen molar-refractivity contribution in [1.82, 2.24) is 9.97 Å². The summed E-state index contributed by atoms with van der Waals surface area (Å²) < 4.78 is 0. The van der Waals surface area contributed by atoms with Crippen LogP contribution in [0.1, 0.15) is 68.9 Å². The topological polar surface area (TPSA) is 37.8 Å². The number of anilines is 1. The van der Waals surface area contributed by atoms with Crippen LogP contribution in [0.2, 0.25) is 5.02 Å². The van der Waals surface area contributed by atoms with Crippen LogP contribution in [0.15, 0.2) is 36.7 Å². The zero-order chi connectivity index (χ0) is 19.3. The number of nitrogens with zero attached hydrogens (tertiary/aromatic N) is 2. The maximum Gasteiger partial charge on any atom is 0.148 e. The number of rotatable bonds is 13. The van der Waals surface area contributed by atoms with Gasteiger partial charge in [0.25, 0.3) is 0 Å². The minimum absolute atomic E-state index is 0.596. The molecule has 0 bridgehead atoms. The van der Waals surface area contributed by atoms with Crippen LogP contribution in [0, 0.1) is 0 Å². The van der Waals surface area contributed by atoms with E-state index >= 15 is 0 Å². The van der Waals surface area contributed by atoms with E-state index in [2.05, 4.69) is 71.2 Å². The van der Waals surface area contributed by atoms with E-state index in [1.54, 1.807) is 6.33 Å². The summed E-state index contributed by atoms with van der Waals surface area (Å²) in [6, 6.07) is 10.8. The van der Waals surface area contributed by atoms with E-state index in [1.165, 1.54) is 43.4 Å². The van der Waals surface area contributed by atoms with E-state index in [1.807, 2.05) is 0 Å². The van der Waals surface area contributed by atoms with Crippen LogP contribution in [0.3, 0.4) is 0 Å². The highest BCUT2D eigenvalue weighted by Gasteiger charge is 2.07. The second-order valence-electron chi connectivity index (χ2n) is 6.81. The highest BCUT2D eigenvalue weighted by molar-refractivity contribution is 7.99. The lowest BCUT2D eigenvalue weighted by Crippen LogP contribution is -2.05. The van der Waals surface area contributed by atoms with E-state index in [0.29, 0.717) is 10.3 Å². The molecule has 148 valence electrons. The van der Waals surface area contributed by atoms with Crippen molar-refractivity contribution < 1.29 is 0 Å². The monoisotopic (exact) mass is 405 g/mol. The van der Waals surface area contributed by atoms with Crippen molar-refractivity contribution in [1.29, 1.82) is 0 Å². The molecule has 0 fully saturated rings. The molecule has 0 spiro atoms. The number of aryl methyl sites for hydroxylation is 1. The lowest BCUT2D eigenvalue weighted by Gasteiger charge is -2.11. The number of hydrogen-bond acceptors (Lipinski definition) is 4. The SMILES string of the molecule is CCc1ncnc(NCCCCCCCCSC(C)c2ccccc2)c1Cl. The average molecular weight is 406 g/mol. The lowest BCUT2D eigenvalue weighted by atomic mass is 10.1. The van der Waals surface area contributed by atoms with Crippen molar-refractivity contribution in [2.45, 2.75) is 64.0 Å². The summed E-state index contributed by atoms with van der Waals surface area (Å²) in [5.41, 5.74) is 2.35. The van der Waals surface area contributed by atoms with Crippen molar-refractivity contribution in [2.24, 2.45) is 0 Å². The number of aromatic nitrogens is 2. The fourth-order valence-corrected chi connectivity index (χ4v) is 4.37. The van der Waals surface area contributed by atoms with Gasteiger partial charge in [-0.25, -0.2) is 9.97 Å². The van der Waals surface area contributed by atoms with Gasteiger partial charge in [0.1, 0.15) is 17.2 Å². The average Bonchev–Trinajstić information content (AvgIpc) is 2.71. The Balaban J connectivity index is 1.46. The first-order valence-corrected chi connectivity index (χ1v) is 11.5. The molecular weight excluding hydrogens is 374 g/mol. The Morgan fingerprint density at radius 1 is 1.00 bits per heavy atom. The third kappa shape index (κ3) is 8.10. The minimum atomic E-state index is 0.596. The van der Waals surface area contributed by atoms with Crippen molar-refractivity contribution >= 4 is 29.2 Å². The van der Waals surface area contributed by atoms with E-state index in [-0.39, 0.29) is 0 Å². The molecular formula is C22H32ClN3S. The van der Waals surface area contributed by atoms with Gasteiger partial charge in [0.15, 0.2) is 0 Å². The van der Waals surface area contributed by atoms with Gasteiger partial charge in [-0.05, 0) is 37.5 Å². The molecule has 1 aromatic heterocycles. The quantitative estimate of drug-likeness (QED) is 0.366. The molecule has 1 heterocycles. The molecule has 0 amide bonds. The zero-order valence-electron chi connectivity index (χ0n) is 16.6. The van der Waals surface area contributed by atoms with Crippen LogP contribution >= 0.6 is 23.4 Å². The largest absolute Gasteiger partial charge is 0.369 e. The fourth-order valence-electron chi connectivity index (χ4n) is 3.00. The molecule has 1 N–H and O–H groups in total. The van der Waals surface area contributed by atoms with E-state index in [0.717, 1.165) is 30.9 Å². The van der Waals surface area contributed by atoms with Crippen LogP contribution in [0.4, 0.5) is 5.82 Å². The molecule has 0 radical (unpaired) electrons. The van der Waals surface area contributed by atoms with Crippen molar-refractivity contribution in [3.05, 3.63) is 52.9 Å². The fraction of sp³-hybridized carbons (Fsp3) is 0.545. The first-order valence-electron chi connectivity index (χ1n) is 10.1. The van der Waals surface area contributed by atoms with Crippen LogP contribution in [0.25, 0.3) is 0 Å². The molecule has 0 aliphatic rings. The van der Waals surface area contributed by atoms with Crippen LogP contribution in [0.5, 0.6) is 0 Å². The number of unbranched alkanes of at least 4 members (excludes halogenated alkanes) is 5. The molecule has 1 unspecified atom stereocenters. The van der Waals surface area contributed by atoms with Crippen LogP contribution in [-0.2, 0) is 6.42 Å². The van der Waals surface area contributed by atoms with Crippen LogP contribution in [-0.4, -0.2) is 22.3 Å². The Labute approximate surface area is 173 Å². The Kier molecular flexibility index (Phi) is 10.6. The summed E-state index contributed by atoms with van der Waals surface area (Å²) >= 11 is 8.36. The van der Waals surface area contributed by atoms with E-state index in [4.69, 9.17) is 11.6 Å². The third-order valence-corrected chi connectivity index (χ3v) is 6.39. The van der Waals surface area contributed by atoms with Crippen LogP contribution < -0.4 is 5.32 Å². The molecule has 0 aliphatic carbocycles. The summed E-state index contributed by atoms with van der Waals surface area (Å²) in [5, 5.41) is 4.61. The molecule has 2 rings (SSSR count). The highest BCUT2D eigenvalue weighted by atomic mass is 35.5. The van der Waals surface area contributed by atoms with E-state index in [9.17, 15) is 0 Å². The summed E-state index contributed by atoms with van der Waals surface area (Å²) in [6.07, 6.45) is 10.1. The maximum absolute atomic E-state index is 6.29. The zero-order valence-corrected chi connectivity index (χ0v) is 18.2. The maximum atomic E-state index is 6.29. The Bertz CT molecular complexity index is 651. The second kappa shape index (κ2) is 13.0. The first-order chi connectivity index (χ1) is 13.2. The van der Waals surface area contributed by atoms with Gasteiger partial charge >= 0.3 is 0 Å². The molecule has 2 aromatic rings. The molecule has 1 aromatic carbocycles. The number of halogens is 1. The predicted octanol–water partition coefficient (Wildman–Crippen LogP) is 6.94. The molecule has 27 heavy (non-hydrogen) atoms. The van der Waals surface area contributed by atoms with Crippen molar-refractivity contribution in [2.75, 3.05) is 17.6 Å². The second-order valence-corrected chi connectivity index (χ2v) is 8.63. The number of thioether (sulfide) groups is 1. The smallest absolute Gasteiger partial charge is 0.148 e. The van der Waals surface area contributed by atoms with Gasteiger partial charge in [-0.15, -0.1) is 0 Å². The van der Waals surface area contributed by atoms with Gasteiger partial charge in [-0.3, -0.25) is 0 Å².